The first-order valence-corrected chi connectivity index (χ1v) is 13.5. The van der Waals surface area contributed by atoms with E-state index in [1.54, 1.807) is 0 Å². The van der Waals surface area contributed by atoms with Crippen molar-refractivity contribution in [1.82, 2.24) is 5.32 Å². The van der Waals surface area contributed by atoms with Gasteiger partial charge in [0.15, 0.2) is 0 Å². The van der Waals surface area contributed by atoms with Gasteiger partial charge in [0.1, 0.15) is 17.7 Å². The molecule has 200 valence electrons. The molecule has 0 aliphatic heterocycles. The molecule has 0 saturated heterocycles. The fourth-order valence-corrected chi connectivity index (χ4v) is 4.56. The molecule has 0 aliphatic carbocycles. The maximum Gasteiger partial charge on any atom is 0.221 e. The maximum absolute atomic E-state index is 11.6. The lowest BCUT2D eigenvalue weighted by Crippen LogP contribution is -2.31. The lowest BCUT2D eigenvalue weighted by atomic mass is 9.70. The summed E-state index contributed by atoms with van der Waals surface area (Å²) in [5.41, 5.74) is 3.98. The van der Waals surface area contributed by atoms with Crippen molar-refractivity contribution in [1.29, 1.82) is 0 Å². The number of carbonyl (C=O) groups is 1. The Hall–Kier alpha value is -2.53. The molecule has 1 atom stereocenters. The Kier molecular flexibility index (Phi) is 11.3. The molecule has 2 aromatic carbocycles. The first-order valence-electron chi connectivity index (χ1n) is 13.5. The van der Waals surface area contributed by atoms with Gasteiger partial charge in [-0.2, -0.15) is 0 Å². The molecule has 5 heteroatoms. The van der Waals surface area contributed by atoms with Crippen molar-refractivity contribution in [3.8, 4) is 11.5 Å². The Balaban J connectivity index is 2.02. The normalized spacial score (nSPS) is 12.8. The first kappa shape index (κ1) is 29.7. The van der Waals surface area contributed by atoms with E-state index in [1.807, 2.05) is 12.1 Å². The maximum atomic E-state index is 11.6. The van der Waals surface area contributed by atoms with Crippen molar-refractivity contribution in [3.05, 3.63) is 59.2 Å². The SMILES string of the molecule is CCC(CC)(c1ccc(OCCCCC(=O)NC(C)O)cc1)c1ccc(OCCC(C)(C)C)c(C)c1. The number of benzene rings is 2. The molecule has 0 radical (unpaired) electrons. The second-order valence-electron chi connectivity index (χ2n) is 11.0. The minimum atomic E-state index is -0.806. The lowest BCUT2D eigenvalue weighted by Gasteiger charge is -2.34. The number of hydrogen-bond donors (Lipinski definition) is 2. The zero-order valence-corrected chi connectivity index (χ0v) is 23.4. The number of ether oxygens (including phenoxy) is 2. The topological polar surface area (TPSA) is 67.8 Å². The van der Waals surface area contributed by atoms with Gasteiger partial charge in [0.2, 0.25) is 5.91 Å². The van der Waals surface area contributed by atoms with E-state index in [0.29, 0.717) is 13.0 Å². The van der Waals surface area contributed by atoms with Crippen molar-refractivity contribution in [2.24, 2.45) is 5.41 Å². The second kappa shape index (κ2) is 13.7. The molecule has 1 unspecified atom stereocenters. The number of rotatable bonds is 14. The van der Waals surface area contributed by atoms with Crippen LogP contribution in [0.25, 0.3) is 0 Å². The summed E-state index contributed by atoms with van der Waals surface area (Å²) in [6, 6.07) is 15.1. The van der Waals surface area contributed by atoms with Gasteiger partial charge in [-0.3, -0.25) is 4.79 Å². The molecule has 2 rings (SSSR count). The van der Waals surface area contributed by atoms with E-state index in [9.17, 15) is 9.90 Å². The number of unbranched alkanes of at least 4 members (excludes halogenated alkanes) is 1. The third-order valence-corrected chi connectivity index (χ3v) is 6.89. The van der Waals surface area contributed by atoms with Crippen LogP contribution in [0.4, 0.5) is 0 Å². The molecule has 36 heavy (non-hydrogen) atoms. The van der Waals surface area contributed by atoms with Crippen molar-refractivity contribution in [3.63, 3.8) is 0 Å². The van der Waals surface area contributed by atoms with Crippen LogP contribution in [-0.4, -0.2) is 30.5 Å². The molecule has 0 aromatic heterocycles. The lowest BCUT2D eigenvalue weighted by molar-refractivity contribution is -0.123. The summed E-state index contributed by atoms with van der Waals surface area (Å²) in [5.74, 6) is 1.67. The van der Waals surface area contributed by atoms with E-state index >= 15 is 0 Å². The summed E-state index contributed by atoms with van der Waals surface area (Å²) in [6.45, 7) is 16.2. The quantitative estimate of drug-likeness (QED) is 0.220. The standard InChI is InChI=1S/C31H47NO4/c1-8-31(9-2,26-15-18-28(23(3)22-26)36-21-19-30(5,6)7)25-13-16-27(17-14-25)35-20-11-10-12-29(34)32-24(4)33/h13-18,22,24,33H,8-12,19-21H2,1-7H3,(H,32,34). The Morgan fingerprint density at radius 2 is 1.58 bits per heavy atom. The van der Waals surface area contributed by atoms with Gasteiger partial charge in [0, 0.05) is 11.8 Å². The minimum absolute atomic E-state index is 0.0650. The van der Waals surface area contributed by atoms with Crippen LogP contribution >= 0.6 is 0 Å². The highest BCUT2D eigenvalue weighted by Gasteiger charge is 2.31. The molecule has 0 heterocycles. The highest BCUT2D eigenvalue weighted by Crippen LogP contribution is 2.41. The summed E-state index contributed by atoms with van der Waals surface area (Å²) in [5, 5.41) is 11.7. The van der Waals surface area contributed by atoms with Crippen LogP contribution in [0.3, 0.4) is 0 Å². The predicted octanol–water partition coefficient (Wildman–Crippen LogP) is 6.92. The van der Waals surface area contributed by atoms with E-state index < -0.39 is 6.23 Å². The summed E-state index contributed by atoms with van der Waals surface area (Å²) in [6.07, 6.45) is 4.12. The van der Waals surface area contributed by atoms with E-state index in [2.05, 4.69) is 77.2 Å². The van der Waals surface area contributed by atoms with E-state index in [4.69, 9.17) is 9.47 Å². The average Bonchev–Trinajstić information content (AvgIpc) is 2.81. The zero-order valence-electron chi connectivity index (χ0n) is 23.4. The average molecular weight is 498 g/mol. The molecule has 0 aliphatic rings. The van der Waals surface area contributed by atoms with Gasteiger partial charge in [-0.1, -0.05) is 58.9 Å². The van der Waals surface area contributed by atoms with Crippen LogP contribution in [0.2, 0.25) is 0 Å². The largest absolute Gasteiger partial charge is 0.494 e. The van der Waals surface area contributed by atoms with Crippen LogP contribution in [0.5, 0.6) is 11.5 Å². The summed E-state index contributed by atoms with van der Waals surface area (Å²) in [7, 11) is 0. The van der Waals surface area contributed by atoms with Gasteiger partial charge in [0.05, 0.1) is 13.2 Å². The van der Waals surface area contributed by atoms with Crippen molar-refractivity contribution < 1.29 is 19.4 Å². The first-order chi connectivity index (χ1) is 17.0. The van der Waals surface area contributed by atoms with Gasteiger partial charge in [-0.15, -0.1) is 0 Å². The van der Waals surface area contributed by atoms with E-state index in [1.165, 1.54) is 23.6 Å². The molecular formula is C31H47NO4. The molecular weight excluding hydrogens is 450 g/mol. The number of amides is 1. The molecule has 0 bridgehead atoms. The van der Waals surface area contributed by atoms with Crippen molar-refractivity contribution in [2.75, 3.05) is 13.2 Å². The van der Waals surface area contributed by atoms with Crippen LogP contribution in [0, 0.1) is 12.3 Å². The highest BCUT2D eigenvalue weighted by atomic mass is 16.5. The molecule has 0 saturated carbocycles. The molecule has 2 N–H and O–H groups in total. The summed E-state index contributed by atoms with van der Waals surface area (Å²) < 4.78 is 12.0. The van der Waals surface area contributed by atoms with Gasteiger partial charge in [-0.05, 0) is 86.3 Å². The second-order valence-corrected chi connectivity index (χ2v) is 11.0. The fraction of sp³-hybridized carbons (Fsp3) is 0.581. The monoisotopic (exact) mass is 497 g/mol. The van der Waals surface area contributed by atoms with Crippen molar-refractivity contribution >= 4 is 5.91 Å². The molecule has 1 amide bonds. The number of aliphatic hydroxyl groups is 1. The van der Waals surface area contributed by atoms with E-state index in [-0.39, 0.29) is 16.7 Å². The predicted molar refractivity (Wildman–Crippen MR) is 148 cm³/mol. The number of nitrogens with one attached hydrogen (secondary N) is 1. The van der Waals surface area contributed by atoms with E-state index in [0.717, 1.165) is 50.2 Å². The molecule has 5 nitrogen and oxygen atoms in total. The third kappa shape index (κ3) is 8.85. The number of aliphatic hydroxyl groups excluding tert-OH is 1. The molecule has 0 fully saturated rings. The van der Waals surface area contributed by atoms with Gasteiger partial charge in [0.25, 0.3) is 0 Å². The fourth-order valence-electron chi connectivity index (χ4n) is 4.56. The summed E-state index contributed by atoms with van der Waals surface area (Å²) >= 11 is 0. The van der Waals surface area contributed by atoms with Crippen LogP contribution in [0.15, 0.2) is 42.5 Å². The molecule has 0 spiro atoms. The van der Waals surface area contributed by atoms with Gasteiger partial charge < -0.3 is 19.9 Å². The molecule has 2 aromatic rings. The number of carbonyl (C=O) groups excluding carboxylic acids is 1. The van der Waals surface area contributed by atoms with Crippen LogP contribution in [-0.2, 0) is 10.2 Å². The number of hydrogen-bond acceptors (Lipinski definition) is 4. The Morgan fingerprint density at radius 3 is 2.14 bits per heavy atom. The van der Waals surface area contributed by atoms with Crippen LogP contribution in [0.1, 0.15) is 96.8 Å². The Labute approximate surface area is 218 Å². The smallest absolute Gasteiger partial charge is 0.221 e. The Bertz CT molecular complexity index is 940. The highest BCUT2D eigenvalue weighted by molar-refractivity contribution is 5.75. The number of aryl methyl sites for hydroxylation is 1. The van der Waals surface area contributed by atoms with Gasteiger partial charge in [-0.25, -0.2) is 0 Å². The zero-order chi connectivity index (χ0) is 26.8. The Morgan fingerprint density at radius 1 is 0.944 bits per heavy atom. The minimum Gasteiger partial charge on any atom is -0.494 e. The third-order valence-electron chi connectivity index (χ3n) is 6.89. The van der Waals surface area contributed by atoms with Crippen molar-refractivity contribution in [2.45, 2.75) is 98.6 Å². The summed E-state index contributed by atoms with van der Waals surface area (Å²) in [4.78, 5) is 11.6. The van der Waals surface area contributed by atoms with Gasteiger partial charge >= 0.3 is 0 Å². The van der Waals surface area contributed by atoms with Crippen LogP contribution < -0.4 is 14.8 Å².